The van der Waals surface area contributed by atoms with Gasteiger partial charge in [0.25, 0.3) is 0 Å². The third kappa shape index (κ3) is 3.24. The lowest BCUT2D eigenvalue weighted by molar-refractivity contribution is 1.11. The Hall–Kier alpha value is -0.310. The highest BCUT2D eigenvalue weighted by molar-refractivity contribution is 9.10. The van der Waals surface area contributed by atoms with Gasteiger partial charge in [0.2, 0.25) is 0 Å². The zero-order valence-electron chi connectivity index (χ0n) is 11.1. The van der Waals surface area contributed by atoms with Gasteiger partial charge < -0.3 is 0 Å². The monoisotopic (exact) mass is 400 g/mol. The molecule has 2 rings (SSSR count). The number of alkyl halides is 1. The van der Waals surface area contributed by atoms with E-state index in [1.165, 1.54) is 27.8 Å². The van der Waals surface area contributed by atoms with Crippen LogP contribution in [0, 0.1) is 20.8 Å². The number of aryl methyl sites for hydroxylation is 3. The number of hydrogen-bond acceptors (Lipinski definition) is 0. The molecular weight excluding hydrogens is 387 g/mol. The highest BCUT2D eigenvalue weighted by atomic mass is 79.9. The van der Waals surface area contributed by atoms with Crippen LogP contribution in [0.15, 0.2) is 34.8 Å². The van der Waals surface area contributed by atoms with Gasteiger partial charge in [-0.05, 0) is 66.8 Å². The first-order chi connectivity index (χ1) is 8.90. The lowest BCUT2D eigenvalue weighted by Gasteiger charge is -2.17. The molecule has 1 atom stereocenters. The maximum Gasteiger partial charge on any atom is 0.0649 e. The van der Waals surface area contributed by atoms with Gasteiger partial charge in [-0.2, -0.15) is 0 Å². The van der Waals surface area contributed by atoms with Crippen molar-refractivity contribution in [3.05, 3.63) is 67.6 Å². The molecule has 0 aromatic heterocycles. The van der Waals surface area contributed by atoms with Crippen LogP contribution in [-0.2, 0) is 0 Å². The van der Waals surface area contributed by atoms with Gasteiger partial charge in [-0.3, -0.25) is 0 Å². The predicted molar refractivity (Wildman–Crippen MR) is 90.6 cm³/mol. The van der Waals surface area contributed by atoms with Crippen LogP contribution in [0.5, 0.6) is 0 Å². The van der Waals surface area contributed by atoms with Crippen molar-refractivity contribution in [1.82, 2.24) is 0 Å². The summed E-state index contributed by atoms with van der Waals surface area (Å²) < 4.78 is 1.15. The van der Waals surface area contributed by atoms with Gasteiger partial charge in [-0.25, -0.2) is 0 Å². The standard InChI is InChI=1S/C16H15Br2Cl/c1-9-6-12(19)4-5-13(9)16(18)14-7-11(3)15(17)8-10(14)2/h4-8,16H,1-3H3. The molecular formula is C16H15Br2Cl. The molecule has 0 saturated heterocycles. The molecule has 0 aliphatic rings. The van der Waals surface area contributed by atoms with Crippen molar-refractivity contribution in [2.75, 3.05) is 0 Å². The molecule has 0 nitrogen and oxygen atoms in total. The lowest BCUT2D eigenvalue weighted by atomic mass is 9.96. The van der Waals surface area contributed by atoms with Crippen molar-refractivity contribution in [1.29, 1.82) is 0 Å². The molecule has 0 heterocycles. The fourth-order valence-corrected chi connectivity index (χ4v) is 3.86. The summed E-state index contributed by atoms with van der Waals surface area (Å²) in [5.74, 6) is 0. The Morgan fingerprint density at radius 3 is 2.16 bits per heavy atom. The molecule has 0 aliphatic heterocycles. The van der Waals surface area contributed by atoms with E-state index in [0.717, 1.165) is 9.50 Å². The van der Waals surface area contributed by atoms with Crippen molar-refractivity contribution in [3.8, 4) is 0 Å². The number of halogens is 3. The normalized spacial score (nSPS) is 12.5. The van der Waals surface area contributed by atoms with Gasteiger partial charge >= 0.3 is 0 Å². The number of rotatable bonds is 2. The Morgan fingerprint density at radius 2 is 1.53 bits per heavy atom. The average Bonchev–Trinajstić information content (AvgIpc) is 2.33. The summed E-state index contributed by atoms with van der Waals surface area (Å²) >= 11 is 13.4. The van der Waals surface area contributed by atoms with Crippen LogP contribution in [0.2, 0.25) is 5.02 Å². The second kappa shape index (κ2) is 5.99. The van der Waals surface area contributed by atoms with E-state index < -0.39 is 0 Å². The minimum atomic E-state index is 0.191. The summed E-state index contributed by atoms with van der Waals surface area (Å²) in [5.41, 5.74) is 6.28. The Bertz CT molecular complexity index is 620. The van der Waals surface area contributed by atoms with Crippen LogP contribution in [0.4, 0.5) is 0 Å². The van der Waals surface area contributed by atoms with Crippen LogP contribution < -0.4 is 0 Å². The molecule has 0 N–H and O–H groups in total. The smallest absolute Gasteiger partial charge is 0.0649 e. The second-order valence-corrected chi connectivity index (χ2v) is 7.03. The maximum absolute atomic E-state index is 6.02. The van der Waals surface area contributed by atoms with Crippen molar-refractivity contribution < 1.29 is 0 Å². The summed E-state index contributed by atoms with van der Waals surface area (Å²) in [5, 5.41) is 0.782. The van der Waals surface area contributed by atoms with E-state index in [2.05, 4.69) is 70.8 Å². The van der Waals surface area contributed by atoms with Gasteiger partial charge in [0, 0.05) is 9.50 Å². The van der Waals surface area contributed by atoms with Crippen LogP contribution in [-0.4, -0.2) is 0 Å². The first kappa shape index (κ1) is 15.1. The Balaban J connectivity index is 2.49. The third-order valence-corrected chi connectivity index (χ3v) is 5.40. The molecule has 0 radical (unpaired) electrons. The molecule has 0 bridgehead atoms. The first-order valence-corrected chi connectivity index (χ1v) is 8.15. The minimum Gasteiger partial charge on any atom is -0.0843 e. The molecule has 2 aromatic rings. The molecule has 19 heavy (non-hydrogen) atoms. The van der Waals surface area contributed by atoms with Gasteiger partial charge in [-0.15, -0.1) is 0 Å². The van der Waals surface area contributed by atoms with E-state index in [4.69, 9.17) is 11.6 Å². The van der Waals surface area contributed by atoms with E-state index in [0.29, 0.717) is 0 Å². The van der Waals surface area contributed by atoms with Crippen molar-refractivity contribution in [2.24, 2.45) is 0 Å². The minimum absolute atomic E-state index is 0.191. The SMILES string of the molecule is Cc1cc(C(Br)c2ccc(Cl)cc2C)c(C)cc1Br. The second-order valence-electron chi connectivity index (χ2n) is 4.82. The zero-order valence-corrected chi connectivity index (χ0v) is 15.0. The molecule has 0 amide bonds. The van der Waals surface area contributed by atoms with Gasteiger partial charge in [0.15, 0.2) is 0 Å². The van der Waals surface area contributed by atoms with Crippen molar-refractivity contribution in [3.63, 3.8) is 0 Å². The van der Waals surface area contributed by atoms with E-state index in [9.17, 15) is 0 Å². The van der Waals surface area contributed by atoms with Gasteiger partial charge in [0.1, 0.15) is 0 Å². The fraction of sp³-hybridized carbons (Fsp3) is 0.250. The Labute approximate surface area is 136 Å². The largest absolute Gasteiger partial charge is 0.0843 e. The Morgan fingerprint density at radius 1 is 0.895 bits per heavy atom. The molecule has 2 aromatic carbocycles. The summed E-state index contributed by atoms with van der Waals surface area (Å²) in [6, 6.07) is 10.4. The molecule has 0 saturated carbocycles. The molecule has 100 valence electrons. The van der Waals surface area contributed by atoms with Gasteiger partial charge in [-0.1, -0.05) is 55.6 Å². The third-order valence-electron chi connectivity index (χ3n) is 3.33. The highest BCUT2D eigenvalue weighted by Gasteiger charge is 2.16. The van der Waals surface area contributed by atoms with Gasteiger partial charge in [0.05, 0.1) is 4.83 Å². The van der Waals surface area contributed by atoms with E-state index >= 15 is 0 Å². The molecule has 0 fully saturated rings. The van der Waals surface area contributed by atoms with Crippen LogP contribution >= 0.6 is 43.5 Å². The number of benzene rings is 2. The van der Waals surface area contributed by atoms with Crippen LogP contribution in [0.1, 0.15) is 32.6 Å². The van der Waals surface area contributed by atoms with Crippen LogP contribution in [0.25, 0.3) is 0 Å². The van der Waals surface area contributed by atoms with Crippen LogP contribution in [0.3, 0.4) is 0 Å². The summed E-state index contributed by atoms with van der Waals surface area (Å²) in [4.78, 5) is 0.191. The average molecular weight is 403 g/mol. The molecule has 3 heteroatoms. The van der Waals surface area contributed by atoms with Crippen molar-refractivity contribution >= 4 is 43.5 Å². The number of hydrogen-bond donors (Lipinski definition) is 0. The summed E-state index contributed by atoms with van der Waals surface area (Å²) in [7, 11) is 0. The zero-order chi connectivity index (χ0) is 14.2. The van der Waals surface area contributed by atoms with E-state index in [1.807, 2.05) is 12.1 Å². The fourth-order valence-electron chi connectivity index (χ4n) is 2.17. The van der Waals surface area contributed by atoms with E-state index in [1.54, 1.807) is 0 Å². The van der Waals surface area contributed by atoms with Crippen molar-refractivity contribution in [2.45, 2.75) is 25.6 Å². The summed E-state index contributed by atoms with van der Waals surface area (Å²) in [6.07, 6.45) is 0. The molecule has 0 spiro atoms. The molecule has 1 unspecified atom stereocenters. The lowest BCUT2D eigenvalue weighted by Crippen LogP contribution is -1.99. The topological polar surface area (TPSA) is 0 Å². The van der Waals surface area contributed by atoms with E-state index in [-0.39, 0.29) is 4.83 Å². The highest BCUT2D eigenvalue weighted by Crippen LogP contribution is 2.37. The quantitative estimate of drug-likeness (QED) is 0.502. The Kier molecular flexibility index (Phi) is 4.75. The maximum atomic E-state index is 6.02. The molecule has 0 aliphatic carbocycles. The summed E-state index contributed by atoms with van der Waals surface area (Å²) in [6.45, 7) is 6.34. The predicted octanol–water partition coefficient (Wildman–Crippen LogP) is 6.51. The first-order valence-electron chi connectivity index (χ1n) is 6.07.